The van der Waals surface area contributed by atoms with Gasteiger partial charge in [0.05, 0.1) is 10.6 Å². The standard InChI is InChI=1S/C18H20ClF3N4/c1-11-5-7-26(8-6-11)16-9-12(2)23-17(25-16)24-13-3-4-15(19)14(10-13)18(20,21)22/h3-4,9-11H,5-8H2,1-2H3,(H,23,24,25). The average molecular weight is 385 g/mol. The lowest BCUT2D eigenvalue weighted by Crippen LogP contribution is -2.33. The van der Waals surface area contributed by atoms with E-state index < -0.39 is 11.7 Å². The number of benzene rings is 1. The largest absolute Gasteiger partial charge is 0.417 e. The Balaban J connectivity index is 1.84. The number of nitrogens with one attached hydrogen (secondary N) is 1. The first-order chi connectivity index (χ1) is 12.2. The van der Waals surface area contributed by atoms with E-state index in [-0.39, 0.29) is 16.7 Å². The first-order valence-corrected chi connectivity index (χ1v) is 8.84. The predicted molar refractivity (Wildman–Crippen MR) is 97.1 cm³/mol. The molecule has 0 saturated carbocycles. The molecular formula is C18H20ClF3N4. The Morgan fingerprint density at radius 1 is 1.15 bits per heavy atom. The molecule has 0 amide bonds. The number of alkyl halides is 3. The van der Waals surface area contributed by atoms with Crippen molar-refractivity contribution >= 4 is 29.1 Å². The van der Waals surface area contributed by atoms with E-state index in [1.54, 1.807) is 0 Å². The third-order valence-corrected chi connectivity index (χ3v) is 4.81. The van der Waals surface area contributed by atoms with Crippen molar-refractivity contribution in [2.75, 3.05) is 23.3 Å². The molecule has 0 aliphatic carbocycles. The van der Waals surface area contributed by atoms with Gasteiger partial charge in [-0.25, -0.2) is 4.98 Å². The maximum absolute atomic E-state index is 13.0. The molecule has 4 nitrogen and oxygen atoms in total. The molecule has 0 spiro atoms. The van der Waals surface area contributed by atoms with Crippen LogP contribution in [-0.4, -0.2) is 23.1 Å². The molecule has 1 aromatic heterocycles. The maximum Gasteiger partial charge on any atom is 0.417 e. The van der Waals surface area contributed by atoms with Crippen LogP contribution >= 0.6 is 11.6 Å². The summed E-state index contributed by atoms with van der Waals surface area (Å²) in [7, 11) is 0. The topological polar surface area (TPSA) is 41.1 Å². The van der Waals surface area contributed by atoms with Crippen molar-refractivity contribution in [3.8, 4) is 0 Å². The van der Waals surface area contributed by atoms with Crippen LogP contribution < -0.4 is 10.2 Å². The molecule has 2 heterocycles. The summed E-state index contributed by atoms with van der Waals surface area (Å²) in [4.78, 5) is 11.0. The number of halogens is 4. The predicted octanol–water partition coefficient (Wildman–Crippen LogP) is 5.44. The van der Waals surface area contributed by atoms with Gasteiger partial charge in [-0.3, -0.25) is 0 Å². The summed E-state index contributed by atoms with van der Waals surface area (Å²) < 4.78 is 39.1. The number of aryl methyl sites for hydroxylation is 1. The third kappa shape index (κ3) is 4.38. The number of piperidine rings is 1. The lowest BCUT2D eigenvalue weighted by Gasteiger charge is -2.31. The Morgan fingerprint density at radius 2 is 1.85 bits per heavy atom. The third-order valence-electron chi connectivity index (χ3n) is 4.48. The Morgan fingerprint density at radius 3 is 2.50 bits per heavy atom. The molecule has 1 aliphatic rings. The molecule has 26 heavy (non-hydrogen) atoms. The Bertz CT molecular complexity index is 786. The van der Waals surface area contributed by atoms with E-state index in [9.17, 15) is 13.2 Å². The van der Waals surface area contributed by atoms with Crippen molar-refractivity contribution in [1.29, 1.82) is 0 Å². The van der Waals surface area contributed by atoms with Crippen LogP contribution in [0.3, 0.4) is 0 Å². The van der Waals surface area contributed by atoms with Crippen molar-refractivity contribution in [3.05, 3.63) is 40.5 Å². The second-order valence-corrected chi connectivity index (χ2v) is 7.09. The number of nitrogens with zero attached hydrogens (tertiary/aromatic N) is 3. The van der Waals surface area contributed by atoms with Gasteiger partial charge in [-0.2, -0.15) is 18.2 Å². The molecule has 0 atom stereocenters. The Labute approximate surface area is 155 Å². The van der Waals surface area contributed by atoms with Gasteiger partial charge in [0.2, 0.25) is 5.95 Å². The first-order valence-electron chi connectivity index (χ1n) is 8.47. The highest BCUT2D eigenvalue weighted by atomic mass is 35.5. The molecule has 1 fully saturated rings. The smallest absolute Gasteiger partial charge is 0.356 e. The fraction of sp³-hybridized carbons (Fsp3) is 0.444. The zero-order chi connectivity index (χ0) is 18.9. The Hall–Kier alpha value is -2.02. The van der Waals surface area contributed by atoms with Gasteiger partial charge in [0.25, 0.3) is 0 Å². The number of rotatable bonds is 3. The van der Waals surface area contributed by atoms with Gasteiger partial charge in [0.1, 0.15) is 5.82 Å². The van der Waals surface area contributed by atoms with Gasteiger partial charge in [-0.05, 0) is 43.9 Å². The fourth-order valence-corrected chi connectivity index (χ4v) is 3.18. The van der Waals surface area contributed by atoms with Crippen LogP contribution in [0.4, 0.5) is 30.6 Å². The first kappa shape index (κ1) is 18.8. The molecule has 8 heteroatoms. The molecular weight excluding hydrogens is 365 g/mol. The van der Waals surface area contributed by atoms with Crippen LogP contribution in [0, 0.1) is 12.8 Å². The molecule has 140 valence electrons. The highest BCUT2D eigenvalue weighted by molar-refractivity contribution is 6.31. The van der Waals surface area contributed by atoms with Crippen LogP contribution in [0.15, 0.2) is 24.3 Å². The van der Waals surface area contributed by atoms with Crippen molar-refractivity contribution in [2.45, 2.75) is 32.9 Å². The molecule has 0 unspecified atom stereocenters. The molecule has 1 N–H and O–H groups in total. The summed E-state index contributed by atoms with van der Waals surface area (Å²) in [6, 6.07) is 5.56. The molecule has 2 aromatic rings. The second kappa shape index (κ2) is 7.31. The quantitative estimate of drug-likeness (QED) is 0.765. The molecule has 0 bridgehead atoms. The number of anilines is 3. The number of aromatic nitrogens is 2. The SMILES string of the molecule is Cc1cc(N2CCC(C)CC2)nc(Nc2ccc(Cl)c(C(F)(F)F)c2)n1. The van der Waals surface area contributed by atoms with E-state index in [4.69, 9.17) is 11.6 Å². The van der Waals surface area contributed by atoms with Gasteiger partial charge >= 0.3 is 6.18 Å². The summed E-state index contributed by atoms with van der Waals surface area (Å²) in [5.41, 5.74) is 0.105. The zero-order valence-corrected chi connectivity index (χ0v) is 15.3. The van der Waals surface area contributed by atoms with Gasteiger partial charge in [0.15, 0.2) is 0 Å². The van der Waals surface area contributed by atoms with Crippen LogP contribution in [0.5, 0.6) is 0 Å². The number of hydrogen-bond donors (Lipinski definition) is 1. The van der Waals surface area contributed by atoms with Crippen LogP contribution in [0.2, 0.25) is 5.02 Å². The van der Waals surface area contributed by atoms with Crippen LogP contribution in [0.1, 0.15) is 31.0 Å². The summed E-state index contributed by atoms with van der Waals surface area (Å²) in [5.74, 6) is 1.76. The van der Waals surface area contributed by atoms with Crippen molar-refractivity contribution < 1.29 is 13.2 Å². The van der Waals surface area contributed by atoms with Crippen molar-refractivity contribution in [3.63, 3.8) is 0 Å². The molecule has 1 aliphatic heterocycles. The van der Waals surface area contributed by atoms with Gasteiger partial charge in [-0.15, -0.1) is 0 Å². The minimum absolute atomic E-state index is 0.241. The average Bonchev–Trinajstić information content (AvgIpc) is 2.56. The van der Waals surface area contributed by atoms with E-state index in [1.165, 1.54) is 12.1 Å². The monoisotopic (exact) mass is 384 g/mol. The summed E-state index contributed by atoms with van der Waals surface area (Å²) in [6.45, 7) is 5.90. The fourth-order valence-electron chi connectivity index (χ4n) is 2.96. The van der Waals surface area contributed by atoms with E-state index in [1.807, 2.05) is 13.0 Å². The van der Waals surface area contributed by atoms with Crippen molar-refractivity contribution in [1.82, 2.24) is 9.97 Å². The lowest BCUT2D eigenvalue weighted by molar-refractivity contribution is -0.137. The van der Waals surface area contributed by atoms with Gasteiger partial charge in [0, 0.05) is 30.5 Å². The zero-order valence-electron chi connectivity index (χ0n) is 14.6. The maximum atomic E-state index is 13.0. The Kier molecular flexibility index (Phi) is 5.27. The summed E-state index contributed by atoms with van der Waals surface area (Å²) in [6.07, 6.45) is -2.33. The molecule has 1 saturated heterocycles. The van der Waals surface area contributed by atoms with E-state index in [2.05, 4.69) is 27.1 Å². The second-order valence-electron chi connectivity index (χ2n) is 6.68. The molecule has 3 rings (SSSR count). The lowest BCUT2D eigenvalue weighted by atomic mass is 9.99. The minimum Gasteiger partial charge on any atom is -0.356 e. The van der Waals surface area contributed by atoms with Crippen LogP contribution in [0.25, 0.3) is 0 Å². The van der Waals surface area contributed by atoms with Gasteiger partial charge < -0.3 is 10.2 Å². The van der Waals surface area contributed by atoms with Crippen molar-refractivity contribution in [2.24, 2.45) is 5.92 Å². The summed E-state index contributed by atoms with van der Waals surface area (Å²) in [5, 5.41) is 2.53. The number of hydrogen-bond acceptors (Lipinski definition) is 4. The molecule has 1 aromatic carbocycles. The minimum atomic E-state index is -4.52. The van der Waals surface area contributed by atoms with Gasteiger partial charge in [-0.1, -0.05) is 18.5 Å². The molecule has 0 radical (unpaired) electrons. The highest BCUT2D eigenvalue weighted by Gasteiger charge is 2.33. The normalized spacial score (nSPS) is 16.0. The highest BCUT2D eigenvalue weighted by Crippen LogP contribution is 2.36. The van der Waals surface area contributed by atoms with E-state index in [0.29, 0.717) is 5.92 Å². The van der Waals surface area contributed by atoms with E-state index >= 15 is 0 Å². The summed E-state index contributed by atoms with van der Waals surface area (Å²) >= 11 is 5.66. The van der Waals surface area contributed by atoms with E-state index in [0.717, 1.165) is 43.5 Å². The van der Waals surface area contributed by atoms with Crippen LogP contribution in [-0.2, 0) is 6.18 Å².